The molecule has 0 aliphatic rings. The lowest BCUT2D eigenvalue weighted by Crippen LogP contribution is -2.25. The Kier molecular flexibility index (Phi) is 6.78. The van der Waals surface area contributed by atoms with Gasteiger partial charge in [-0.2, -0.15) is 0 Å². The van der Waals surface area contributed by atoms with Gasteiger partial charge in [-0.1, -0.05) is 6.58 Å². The van der Waals surface area contributed by atoms with Gasteiger partial charge < -0.3 is 14.6 Å². The minimum Gasteiger partial charge on any atom is -0.462 e. The molecule has 0 aliphatic carbocycles. The molecule has 1 atom stereocenters. The summed E-state index contributed by atoms with van der Waals surface area (Å²) in [5.41, 5.74) is 0. The van der Waals surface area contributed by atoms with E-state index >= 15 is 0 Å². The number of carbonyl (C=O) groups is 2. The lowest BCUT2D eigenvalue weighted by atomic mass is 10.4. The first-order valence-electron chi connectivity index (χ1n) is 3.79. The maximum atomic E-state index is 10.5. The summed E-state index contributed by atoms with van der Waals surface area (Å²) < 4.78 is 8.97. The monoisotopic (exact) mass is 222 g/mol. The molecule has 80 valence electrons. The minimum absolute atomic E-state index is 0.250. The molecule has 0 saturated carbocycles. The van der Waals surface area contributed by atoms with Gasteiger partial charge in [-0.3, -0.25) is 4.79 Å². The third kappa shape index (κ3) is 6.45. The highest BCUT2D eigenvalue weighted by molar-refractivity contribution is 6.26. The Hall–Kier alpha value is -1.07. The molecule has 0 aromatic carbocycles. The van der Waals surface area contributed by atoms with Crippen LogP contribution < -0.4 is 0 Å². The van der Waals surface area contributed by atoms with Crippen LogP contribution >= 0.6 is 11.6 Å². The lowest BCUT2D eigenvalue weighted by Gasteiger charge is -2.10. The van der Waals surface area contributed by atoms with Crippen molar-refractivity contribution in [3.05, 3.63) is 12.7 Å². The minimum atomic E-state index is -1.05. The highest BCUT2D eigenvalue weighted by atomic mass is 35.5. The first kappa shape index (κ1) is 12.9. The molecule has 6 heteroatoms. The number of aliphatic hydroxyl groups excluding tert-OH is 1. The number of aliphatic hydroxyl groups is 1. The molecule has 5 nitrogen and oxygen atoms in total. The molecule has 0 aromatic heterocycles. The highest BCUT2D eigenvalue weighted by Crippen LogP contribution is 1.91. The quantitative estimate of drug-likeness (QED) is 0.385. The van der Waals surface area contributed by atoms with Crippen LogP contribution in [0.1, 0.15) is 0 Å². The van der Waals surface area contributed by atoms with Crippen molar-refractivity contribution in [3.63, 3.8) is 0 Å². The Morgan fingerprint density at radius 2 is 2.00 bits per heavy atom. The van der Waals surface area contributed by atoms with Crippen molar-refractivity contribution in [2.75, 3.05) is 19.1 Å². The molecule has 0 amide bonds. The summed E-state index contributed by atoms with van der Waals surface area (Å²) in [6.07, 6.45) is -0.0802. The molecular formula is C8H11ClO5. The van der Waals surface area contributed by atoms with Crippen LogP contribution in [0.3, 0.4) is 0 Å². The molecule has 0 spiro atoms. The van der Waals surface area contributed by atoms with E-state index in [-0.39, 0.29) is 19.1 Å². The number of halogens is 1. The zero-order valence-corrected chi connectivity index (χ0v) is 8.20. The van der Waals surface area contributed by atoms with Crippen molar-refractivity contribution in [3.8, 4) is 0 Å². The van der Waals surface area contributed by atoms with Crippen molar-refractivity contribution in [2.45, 2.75) is 6.10 Å². The number of hydrogen-bond acceptors (Lipinski definition) is 5. The second-order valence-corrected chi connectivity index (χ2v) is 2.57. The van der Waals surface area contributed by atoms with E-state index < -0.39 is 18.0 Å². The third-order valence-corrected chi connectivity index (χ3v) is 1.35. The molecule has 0 saturated heterocycles. The highest BCUT2D eigenvalue weighted by Gasteiger charge is 2.09. The molecule has 0 aliphatic heterocycles. The van der Waals surface area contributed by atoms with Crippen LogP contribution in [0.15, 0.2) is 12.7 Å². The summed E-state index contributed by atoms with van der Waals surface area (Å²) in [4.78, 5) is 21.1. The fourth-order valence-corrected chi connectivity index (χ4v) is 0.590. The second kappa shape index (κ2) is 7.34. The largest absolute Gasteiger partial charge is 0.462 e. The maximum Gasteiger partial charge on any atom is 0.330 e. The van der Waals surface area contributed by atoms with E-state index in [1.165, 1.54) is 0 Å². The van der Waals surface area contributed by atoms with Gasteiger partial charge >= 0.3 is 11.9 Å². The predicted octanol–water partition coefficient (Wildman–Crippen LogP) is -0.142. The Morgan fingerprint density at radius 3 is 2.50 bits per heavy atom. The number of ether oxygens (including phenoxy) is 2. The van der Waals surface area contributed by atoms with Crippen LogP contribution in [-0.2, 0) is 19.1 Å². The van der Waals surface area contributed by atoms with E-state index in [1.807, 2.05) is 0 Å². The van der Waals surface area contributed by atoms with Gasteiger partial charge in [0.1, 0.15) is 25.2 Å². The summed E-state index contributed by atoms with van der Waals surface area (Å²) in [6, 6.07) is 0. The second-order valence-electron chi connectivity index (χ2n) is 2.30. The lowest BCUT2D eigenvalue weighted by molar-refractivity contribution is -0.147. The number of esters is 2. The van der Waals surface area contributed by atoms with Crippen LogP contribution in [0.2, 0.25) is 0 Å². The Balaban J connectivity index is 3.55. The maximum absolute atomic E-state index is 10.5. The van der Waals surface area contributed by atoms with Crippen molar-refractivity contribution < 1.29 is 24.2 Å². The van der Waals surface area contributed by atoms with Gasteiger partial charge in [-0.05, 0) is 0 Å². The zero-order valence-electron chi connectivity index (χ0n) is 7.44. The van der Waals surface area contributed by atoms with Crippen molar-refractivity contribution >= 4 is 23.5 Å². The molecule has 1 unspecified atom stereocenters. The summed E-state index contributed by atoms with van der Waals surface area (Å²) in [6.45, 7) is 2.66. The van der Waals surface area contributed by atoms with Crippen LogP contribution in [0.4, 0.5) is 0 Å². The molecule has 0 bridgehead atoms. The first-order valence-corrected chi connectivity index (χ1v) is 4.32. The topological polar surface area (TPSA) is 72.8 Å². The van der Waals surface area contributed by atoms with Gasteiger partial charge in [-0.25, -0.2) is 4.79 Å². The van der Waals surface area contributed by atoms with Gasteiger partial charge in [-0.15, -0.1) is 11.6 Å². The third-order valence-electron chi connectivity index (χ3n) is 1.13. The summed E-state index contributed by atoms with van der Waals surface area (Å²) >= 11 is 5.13. The van der Waals surface area contributed by atoms with Gasteiger partial charge in [0.15, 0.2) is 0 Å². The SMILES string of the molecule is C=CC(=O)OCC(O)COC(=O)CCl. The van der Waals surface area contributed by atoms with Gasteiger partial charge in [0.25, 0.3) is 0 Å². The van der Waals surface area contributed by atoms with Gasteiger partial charge in [0.2, 0.25) is 0 Å². The molecule has 0 rings (SSSR count). The van der Waals surface area contributed by atoms with Crippen LogP contribution in [0.25, 0.3) is 0 Å². The van der Waals surface area contributed by atoms with Gasteiger partial charge in [0.05, 0.1) is 0 Å². The Bertz CT molecular complexity index is 216. The summed E-state index contributed by atoms with van der Waals surface area (Å²) in [7, 11) is 0. The number of rotatable bonds is 6. The zero-order chi connectivity index (χ0) is 11.0. The standard InChI is InChI=1S/C8H11ClO5/c1-2-7(11)13-4-6(10)5-14-8(12)3-9/h2,6,10H,1,3-5H2. The fourth-order valence-electron chi connectivity index (χ4n) is 0.513. The van der Waals surface area contributed by atoms with Crippen molar-refractivity contribution in [1.29, 1.82) is 0 Å². The molecule has 0 fully saturated rings. The van der Waals surface area contributed by atoms with Crippen molar-refractivity contribution in [2.24, 2.45) is 0 Å². The fraction of sp³-hybridized carbons (Fsp3) is 0.500. The van der Waals surface area contributed by atoms with Crippen molar-refractivity contribution in [1.82, 2.24) is 0 Å². The van der Waals surface area contributed by atoms with Crippen LogP contribution in [0, 0.1) is 0 Å². The molecular weight excluding hydrogens is 212 g/mol. The molecule has 14 heavy (non-hydrogen) atoms. The number of carbonyl (C=O) groups excluding carboxylic acids is 2. The Labute approximate surface area is 86.3 Å². The smallest absolute Gasteiger partial charge is 0.330 e. The summed E-state index contributed by atoms with van der Waals surface area (Å²) in [5.74, 6) is -1.56. The van der Waals surface area contributed by atoms with E-state index in [0.29, 0.717) is 0 Å². The Morgan fingerprint density at radius 1 is 1.43 bits per heavy atom. The summed E-state index contributed by atoms with van der Waals surface area (Å²) in [5, 5.41) is 9.11. The molecule has 0 radical (unpaired) electrons. The first-order chi connectivity index (χ1) is 6.60. The van der Waals surface area contributed by atoms with E-state index in [1.54, 1.807) is 0 Å². The van der Waals surface area contributed by atoms with E-state index in [4.69, 9.17) is 16.7 Å². The van der Waals surface area contributed by atoms with Crippen LogP contribution in [0.5, 0.6) is 0 Å². The predicted molar refractivity (Wildman–Crippen MR) is 48.8 cm³/mol. The van der Waals surface area contributed by atoms with Crippen LogP contribution in [-0.4, -0.2) is 42.2 Å². The molecule has 0 heterocycles. The average Bonchev–Trinajstić information content (AvgIpc) is 2.22. The van der Waals surface area contributed by atoms with E-state index in [2.05, 4.69) is 16.1 Å². The number of alkyl halides is 1. The van der Waals surface area contributed by atoms with E-state index in [9.17, 15) is 9.59 Å². The average molecular weight is 223 g/mol. The van der Waals surface area contributed by atoms with Gasteiger partial charge in [0, 0.05) is 6.08 Å². The molecule has 0 aromatic rings. The molecule has 1 N–H and O–H groups in total. The van der Waals surface area contributed by atoms with E-state index in [0.717, 1.165) is 6.08 Å². The normalized spacial score (nSPS) is 11.6. The number of hydrogen-bond donors (Lipinski definition) is 1.